The van der Waals surface area contributed by atoms with Gasteiger partial charge in [0.1, 0.15) is 4.47 Å². The van der Waals surface area contributed by atoms with Gasteiger partial charge in [-0.25, -0.2) is 4.98 Å². The van der Waals surface area contributed by atoms with Crippen molar-refractivity contribution in [3.63, 3.8) is 0 Å². The van der Waals surface area contributed by atoms with Crippen molar-refractivity contribution in [1.82, 2.24) is 9.55 Å². The molecule has 0 N–H and O–H groups in total. The number of aromatic nitrogens is 2. The van der Waals surface area contributed by atoms with Gasteiger partial charge in [-0.1, -0.05) is 18.2 Å². The Labute approximate surface area is 114 Å². The summed E-state index contributed by atoms with van der Waals surface area (Å²) in [5.41, 5.74) is 4.02. The van der Waals surface area contributed by atoms with Gasteiger partial charge in [0.2, 0.25) is 0 Å². The predicted octanol–water partition coefficient (Wildman–Crippen LogP) is 2.54. The average molecular weight is 305 g/mol. The van der Waals surface area contributed by atoms with Crippen LogP contribution in [0.15, 0.2) is 40.0 Å². The molecule has 0 saturated heterocycles. The van der Waals surface area contributed by atoms with E-state index in [4.69, 9.17) is 0 Å². The van der Waals surface area contributed by atoms with Crippen LogP contribution in [0.25, 0.3) is 0 Å². The minimum absolute atomic E-state index is 0.0366. The van der Waals surface area contributed by atoms with Crippen molar-refractivity contribution in [1.29, 1.82) is 0 Å². The van der Waals surface area contributed by atoms with Crippen molar-refractivity contribution in [2.75, 3.05) is 0 Å². The van der Waals surface area contributed by atoms with E-state index < -0.39 is 0 Å². The van der Waals surface area contributed by atoms with Crippen LogP contribution in [0, 0.1) is 0 Å². The molecule has 0 spiro atoms. The molecular formula is C14H13BrN2O. The van der Waals surface area contributed by atoms with Crippen LogP contribution in [-0.4, -0.2) is 9.55 Å². The fourth-order valence-electron chi connectivity index (χ4n) is 2.46. The molecule has 1 aliphatic carbocycles. The number of halogens is 1. The summed E-state index contributed by atoms with van der Waals surface area (Å²) in [6, 6.07) is 6.52. The normalized spacial score (nSPS) is 13.6. The van der Waals surface area contributed by atoms with Gasteiger partial charge in [0.05, 0.1) is 12.9 Å². The van der Waals surface area contributed by atoms with E-state index in [0.717, 1.165) is 12.0 Å². The molecule has 0 unspecified atom stereocenters. The summed E-state index contributed by atoms with van der Waals surface area (Å²) in [4.78, 5) is 15.9. The zero-order chi connectivity index (χ0) is 12.5. The van der Waals surface area contributed by atoms with Crippen LogP contribution in [-0.2, 0) is 19.4 Å². The number of rotatable bonds is 2. The maximum Gasteiger partial charge on any atom is 0.267 e. The van der Waals surface area contributed by atoms with Crippen LogP contribution < -0.4 is 5.56 Å². The second kappa shape index (κ2) is 4.69. The van der Waals surface area contributed by atoms with Gasteiger partial charge in [-0.05, 0) is 51.9 Å². The second-order valence-corrected chi connectivity index (χ2v) is 5.49. The Morgan fingerprint density at radius 2 is 2.11 bits per heavy atom. The molecule has 4 heteroatoms. The van der Waals surface area contributed by atoms with Crippen LogP contribution in [0.2, 0.25) is 0 Å². The lowest BCUT2D eigenvalue weighted by molar-refractivity contribution is 0.730. The molecule has 0 atom stereocenters. The van der Waals surface area contributed by atoms with E-state index in [0.29, 0.717) is 11.0 Å². The monoisotopic (exact) mass is 304 g/mol. The lowest BCUT2D eigenvalue weighted by atomic mass is 10.1. The fourth-order valence-corrected chi connectivity index (χ4v) is 2.80. The molecular weight excluding hydrogens is 292 g/mol. The first kappa shape index (κ1) is 11.7. The van der Waals surface area contributed by atoms with Crippen molar-refractivity contribution in [3.05, 3.63) is 62.2 Å². The molecule has 1 aromatic carbocycles. The number of hydrogen-bond acceptors (Lipinski definition) is 2. The number of fused-ring (bicyclic) bond motifs is 1. The lowest BCUT2D eigenvalue weighted by Crippen LogP contribution is -2.21. The van der Waals surface area contributed by atoms with Crippen molar-refractivity contribution in [2.24, 2.45) is 0 Å². The van der Waals surface area contributed by atoms with Crippen LogP contribution in [0.5, 0.6) is 0 Å². The first-order valence-electron chi connectivity index (χ1n) is 6.04. The molecule has 0 saturated carbocycles. The van der Waals surface area contributed by atoms with E-state index in [1.54, 1.807) is 10.9 Å². The summed E-state index contributed by atoms with van der Waals surface area (Å²) in [5.74, 6) is 0. The van der Waals surface area contributed by atoms with E-state index in [1.807, 2.05) is 0 Å². The molecule has 18 heavy (non-hydrogen) atoms. The van der Waals surface area contributed by atoms with E-state index in [9.17, 15) is 4.79 Å². The van der Waals surface area contributed by atoms with E-state index in [1.165, 1.54) is 30.2 Å². The smallest absolute Gasteiger partial charge is 0.267 e. The maximum atomic E-state index is 11.9. The molecule has 0 aliphatic heterocycles. The fraction of sp³-hybridized carbons (Fsp3) is 0.286. The molecule has 3 rings (SSSR count). The summed E-state index contributed by atoms with van der Waals surface area (Å²) < 4.78 is 2.13. The van der Waals surface area contributed by atoms with Crippen LogP contribution in [0.1, 0.15) is 23.1 Å². The lowest BCUT2D eigenvalue weighted by Gasteiger charge is -2.07. The predicted molar refractivity (Wildman–Crippen MR) is 73.8 cm³/mol. The summed E-state index contributed by atoms with van der Waals surface area (Å²) in [6.07, 6.45) is 6.71. The standard InChI is InChI=1S/C14H13BrN2O/c15-13-7-16-9-17(14(13)18)8-10-4-5-11-2-1-3-12(11)6-10/h4-7,9H,1-3,8H2. The molecule has 0 bridgehead atoms. The highest BCUT2D eigenvalue weighted by molar-refractivity contribution is 9.10. The van der Waals surface area contributed by atoms with Gasteiger partial charge in [0.15, 0.2) is 0 Å². The number of benzene rings is 1. The van der Waals surface area contributed by atoms with Gasteiger partial charge < -0.3 is 0 Å². The Morgan fingerprint density at radius 1 is 1.28 bits per heavy atom. The summed E-state index contributed by atoms with van der Waals surface area (Å²) in [6.45, 7) is 0.582. The highest BCUT2D eigenvalue weighted by Gasteiger charge is 2.11. The Kier molecular flexibility index (Phi) is 3.04. The zero-order valence-corrected chi connectivity index (χ0v) is 11.5. The molecule has 0 amide bonds. The minimum atomic E-state index is -0.0366. The van der Waals surface area contributed by atoms with Gasteiger partial charge in [-0.2, -0.15) is 0 Å². The molecule has 3 nitrogen and oxygen atoms in total. The summed E-state index contributed by atoms with van der Waals surface area (Å²) in [7, 11) is 0. The third-order valence-corrected chi connectivity index (χ3v) is 3.92. The first-order valence-corrected chi connectivity index (χ1v) is 6.84. The molecule has 92 valence electrons. The second-order valence-electron chi connectivity index (χ2n) is 4.63. The Balaban J connectivity index is 1.93. The van der Waals surface area contributed by atoms with Gasteiger partial charge in [0, 0.05) is 6.20 Å². The summed E-state index contributed by atoms with van der Waals surface area (Å²) in [5, 5.41) is 0. The highest BCUT2D eigenvalue weighted by atomic mass is 79.9. The van der Waals surface area contributed by atoms with E-state index in [2.05, 4.69) is 39.1 Å². The number of aryl methyl sites for hydroxylation is 2. The Morgan fingerprint density at radius 3 is 3.00 bits per heavy atom. The molecule has 0 fully saturated rings. The largest absolute Gasteiger partial charge is 0.294 e. The van der Waals surface area contributed by atoms with Gasteiger partial charge >= 0.3 is 0 Å². The number of nitrogens with zero attached hydrogens (tertiary/aromatic N) is 2. The van der Waals surface area contributed by atoms with Gasteiger partial charge in [0.25, 0.3) is 5.56 Å². The number of hydrogen-bond donors (Lipinski definition) is 0. The molecule has 0 radical (unpaired) electrons. The molecule has 1 aromatic heterocycles. The molecule has 1 aliphatic rings. The van der Waals surface area contributed by atoms with Crippen molar-refractivity contribution in [3.8, 4) is 0 Å². The first-order chi connectivity index (χ1) is 8.74. The van der Waals surface area contributed by atoms with Crippen molar-refractivity contribution >= 4 is 15.9 Å². The molecule has 2 aromatic rings. The van der Waals surface area contributed by atoms with Gasteiger partial charge in [-0.3, -0.25) is 9.36 Å². The zero-order valence-electron chi connectivity index (χ0n) is 9.90. The van der Waals surface area contributed by atoms with Crippen LogP contribution in [0.4, 0.5) is 0 Å². The van der Waals surface area contributed by atoms with E-state index >= 15 is 0 Å². The van der Waals surface area contributed by atoms with Crippen molar-refractivity contribution < 1.29 is 0 Å². The quantitative estimate of drug-likeness (QED) is 0.854. The molecule has 1 heterocycles. The SMILES string of the molecule is O=c1c(Br)cncn1Cc1ccc2c(c1)CCC2. The third kappa shape index (κ3) is 2.12. The maximum absolute atomic E-state index is 11.9. The highest BCUT2D eigenvalue weighted by Crippen LogP contribution is 2.23. The topological polar surface area (TPSA) is 34.9 Å². The van der Waals surface area contributed by atoms with E-state index in [-0.39, 0.29) is 5.56 Å². The minimum Gasteiger partial charge on any atom is -0.294 e. The van der Waals surface area contributed by atoms with Crippen LogP contribution >= 0.6 is 15.9 Å². The third-order valence-electron chi connectivity index (χ3n) is 3.37. The van der Waals surface area contributed by atoms with Gasteiger partial charge in [-0.15, -0.1) is 0 Å². The summed E-state index contributed by atoms with van der Waals surface area (Å²) >= 11 is 3.21. The van der Waals surface area contributed by atoms with Crippen LogP contribution in [0.3, 0.4) is 0 Å². The van der Waals surface area contributed by atoms with Crippen molar-refractivity contribution in [2.45, 2.75) is 25.8 Å². The Hall–Kier alpha value is -1.42. The average Bonchev–Trinajstić information content (AvgIpc) is 2.82. The Bertz CT molecular complexity index is 648.